The Kier molecular flexibility index (Phi) is 5.15. The predicted molar refractivity (Wildman–Crippen MR) is 62.0 cm³/mol. The summed E-state index contributed by atoms with van der Waals surface area (Å²) >= 11 is 0. The van der Waals surface area contributed by atoms with Gasteiger partial charge in [0.1, 0.15) is 0 Å². The highest BCUT2D eigenvalue weighted by atomic mass is 19.4. The van der Waals surface area contributed by atoms with Crippen LogP contribution >= 0.6 is 0 Å². The fraction of sp³-hybridized carbons (Fsp3) is 0.417. The Balaban J connectivity index is 2.31. The van der Waals surface area contributed by atoms with Gasteiger partial charge in [-0.25, -0.2) is 0 Å². The van der Waals surface area contributed by atoms with E-state index in [-0.39, 0.29) is 13.0 Å². The number of benzene rings is 1. The molecule has 3 N–H and O–H groups in total. The highest BCUT2D eigenvalue weighted by Crippen LogP contribution is 2.20. The number of amides is 1. The van der Waals surface area contributed by atoms with Gasteiger partial charge in [-0.05, 0) is 30.7 Å². The third-order valence-corrected chi connectivity index (χ3v) is 2.35. The lowest BCUT2D eigenvalue weighted by Gasteiger charge is -2.07. The molecule has 0 spiro atoms. The summed E-state index contributed by atoms with van der Waals surface area (Å²) in [5.41, 5.74) is 6.33. The first-order valence-electron chi connectivity index (χ1n) is 5.55. The maximum atomic E-state index is 11.9. The molecular formula is C12H15F3N2O. The Labute approximate surface area is 103 Å². The third-order valence-electron chi connectivity index (χ3n) is 2.35. The SMILES string of the molecule is NC(=O)c1cccc(CNCCCC(F)(F)F)c1. The minimum atomic E-state index is -4.10. The van der Waals surface area contributed by atoms with E-state index in [0.29, 0.717) is 12.1 Å². The fourth-order valence-electron chi connectivity index (χ4n) is 1.48. The van der Waals surface area contributed by atoms with Gasteiger partial charge in [-0.15, -0.1) is 0 Å². The molecule has 0 aliphatic heterocycles. The molecule has 100 valence electrons. The Morgan fingerprint density at radius 1 is 1.33 bits per heavy atom. The van der Waals surface area contributed by atoms with Gasteiger partial charge >= 0.3 is 6.18 Å². The highest BCUT2D eigenvalue weighted by molar-refractivity contribution is 5.92. The predicted octanol–water partition coefficient (Wildman–Crippen LogP) is 2.22. The molecule has 0 bridgehead atoms. The maximum absolute atomic E-state index is 11.9. The number of carbonyl (C=O) groups excluding carboxylic acids is 1. The molecule has 1 aromatic carbocycles. The van der Waals surface area contributed by atoms with E-state index in [1.807, 2.05) is 0 Å². The second-order valence-corrected chi connectivity index (χ2v) is 3.96. The summed E-state index contributed by atoms with van der Waals surface area (Å²) in [4.78, 5) is 10.9. The van der Waals surface area contributed by atoms with Crippen molar-refractivity contribution in [2.24, 2.45) is 5.73 Å². The molecule has 0 atom stereocenters. The molecule has 0 aromatic heterocycles. The fourth-order valence-corrected chi connectivity index (χ4v) is 1.48. The Hall–Kier alpha value is -1.56. The molecule has 3 nitrogen and oxygen atoms in total. The molecule has 18 heavy (non-hydrogen) atoms. The summed E-state index contributed by atoms with van der Waals surface area (Å²) in [6.45, 7) is 0.694. The van der Waals surface area contributed by atoms with Crippen LogP contribution in [0, 0.1) is 0 Å². The van der Waals surface area contributed by atoms with E-state index in [9.17, 15) is 18.0 Å². The van der Waals surface area contributed by atoms with Crippen LogP contribution in [0.25, 0.3) is 0 Å². The van der Waals surface area contributed by atoms with Gasteiger partial charge < -0.3 is 11.1 Å². The smallest absolute Gasteiger partial charge is 0.366 e. The van der Waals surface area contributed by atoms with Crippen molar-refractivity contribution in [1.29, 1.82) is 0 Å². The average Bonchev–Trinajstić information content (AvgIpc) is 2.27. The van der Waals surface area contributed by atoms with Crippen LogP contribution in [0.2, 0.25) is 0 Å². The van der Waals surface area contributed by atoms with Crippen molar-refractivity contribution in [3.05, 3.63) is 35.4 Å². The molecule has 1 rings (SSSR count). The van der Waals surface area contributed by atoms with Gasteiger partial charge in [0.05, 0.1) is 0 Å². The molecule has 0 radical (unpaired) electrons. The number of nitrogens with two attached hydrogens (primary N) is 1. The first-order valence-corrected chi connectivity index (χ1v) is 5.55. The lowest BCUT2D eigenvalue weighted by atomic mass is 10.1. The van der Waals surface area contributed by atoms with Gasteiger partial charge in [0, 0.05) is 18.5 Å². The van der Waals surface area contributed by atoms with Gasteiger partial charge in [-0.3, -0.25) is 4.79 Å². The van der Waals surface area contributed by atoms with Crippen molar-refractivity contribution in [3.63, 3.8) is 0 Å². The molecule has 0 aliphatic carbocycles. The van der Waals surface area contributed by atoms with E-state index in [0.717, 1.165) is 5.56 Å². The standard InChI is InChI=1S/C12H15F3N2O/c13-12(14,15)5-2-6-17-8-9-3-1-4-10(7-9)11(16)18/h1,3-4,7,17H,2,5-6,8H2,(H2,16,18). The van der Waals surface area contributed by atoms with E-state index >= 15 is 0 Å². The normalized spacial score (nSPS) is 11.5. The molecule has 0 aliphatic rings. The van der Waals surface area contributed by atoms with E-state index in [1.54, 1.807) is 24.3 Å². The number of carbonyl (C=O) groups is 1. The van der Waals surface area contributed by atoms with Crippen molar-refractivity contribution in [2.75, 3.05) is 6.54 Å². The Morgan fingerprint density at radius 3 is 2.67 bits per heavy atom. The zero-order valence-electron chi connectivity index (χ0n) is 9.76. The number of alkyl halides is 3. The molecule has 0 heterocycles. The summed E-state index contributed by atoms with van der Waals surface area (Å²) in [5, 5.41) is 2.89. The van der Waals surface area contributed by atoms with Gasteiger partial charge in [0.2, 0.25) is 5.91 Å². The van der Waals surface area contributed by atoms with E-state index in [2.05, 4.69) is 5.32 Å². The van der Waals surface area contributed by atoms with Crippen LogP contribution in [-0.2, 0) is 6.54 Å². The first-order chi connectivity index (χ1) is 8.38. The number of halogens is 3. The number of primary amides is 1. The summed E-state index contributed by atoms with van der Waals surface area (Å²) < 4.78 is 35.6. The minimum Gasteiger partial charge on any atom is -0.366 e. The van der Waals surface area contributed by atoms with Crippen LogP contribution in [0.5, 0.6) is 0 Å². The van der Waals surface area contributed by atoms with Gasteiger partial charge in [-0.2, -0.15) is 13.2 Å². The second-order valence-electron chi connectivity index (χ2n) is 3.96. The molecule has 0 unspecified atom stereocenters. The van der Waals surface area contributed by atoms with Crippen molar-refractivity contribution >= 4 is 5.91 Å². The molecule has 1 amide bonds. The lowest BCUT2D eigenvalue weighted by Crippen LogP contribution is -2.18. The largest absolute Gasteiger partial charge is 0.389 e. The van der Waals surface area contributed by atoms with Crippen molar-refractivity contribution in [1.82, 2.24) is 5.32 Å². The zero-order valence-corrected chi connectivity index (χ0v) is 9.76. The highest BCUT2D eigenvalue weighted by Gasteiger charge is 2.25. The third kappa shape index (κ3) is 5.67. The van der Waals surface area contributed by atoms with Crippen molar-refractivity contribution < 1.29 is 18.0 Å². The number of rotatable bonds is 6. The van der Waals surface area contributed by atoms with Crippen LogP contribution in [0.1, 0.15) is 28.8 Å². The lowest BCUT2D eigenvalue weighted by molar-refractivity contribution is -0.135. The molecule has 6 heteroatoms. The summed E-state index contributed by atoms with van der Waals surface area (Å²) in [7, 11) is 0. The maximum Gasteiger partial charge on any atom is 0.389 e. The van der Waals surface area contributed by atoms with Crippen LogP contribution in [0.3, 0.4) is 0 Å². The average molecular weight is 260 g/mol. The second kappa shape index (κ2) is 6.39. The van der Waals surface area contributed by atoms with E-state index < -0.39 is 18.5 Å². The van der Waals surface area contributed by atoms with E-state index in [4.69, 9.17) is 5.73 Å². The van der Waals surface area contributed by atoms with Crippen molar-refractivity contribution in [2.45, 2.75) is 25.6 Å². The minimum absolute atomic E-state index is 0.0407. The Bertz CT molecular complexity index is 405. The molecule has 0 fully saturated rings. The number of nitrogens with one attached hydrogen (secondary N) is 1. The number of hydrogen-bond acceptors (Lipinski definition) is 2. The van der Waals surface area contributed by atoms with Crippen LogP contribution in [-0.4, -0.2) is 18.6 Å². The van der Waals surface area contributed by atoms with Gasteiger partial charge in [0.15, 0.2) is 0 Å². The number of hydrogen-bond donors (Lipinski definition) is 2. The quantitative estimate of drug-likeness (QED) is 0.770. The van der Waals surface area contributed by atoms with E-state index in [1.165, 1.54) is 0 Å². The van der Waals surface area contributed by atoms with Crippen molar-refractivity contribution in [3.8, 4) is 0 Å². The first kappa shape index (κ1) is 14.5. The van der Waals surface area contributed by atoms with Crippen LogP contribution < -0.4 is 11.1 Å². The monoisotopic (exact) mass is 260 g/mol. The van der Waals surface area contributed by atoms with Crippen LogP contribution in [0.4, 0.5) is 13.2 Å². The molecule has 1 aromatic rings. The Morgan fingerprint density at radius 2 is 2.06 bits per heavy atom. The summed E-state index contributed by atoms with van der Waals surface area (Å²) in [6, 6.07) is 6.69. The van der Waals surface area contributed by atoms with Crippen LogP contribution in [0.15, 0.2) is 24.3 Å². The molecule has 0 saturated carbocycles. The molecular weight excluding hydrogens is 245 g/mol. The molecule has 0 saturated heterocycles. The van der Waals surface area contributed by atoms with Gasteiger partial charge in [-0.1, -0.05) is 12.1 Å². The summed E-state index contributed by atoms with van der Waals surface area (Å²) in [6.07, 6.45) is -4.85. The zero-order chi connectivity index (χ0) is 13.6. The topological polar surface area (TPSA) is 55.1 Å². The van der Waals surface area contributed by atoms with Gasteiger partial charge in [0.25, 0.3) is 0 Å². The summed E-state index contributed by atoms with van der Waals surface area (Å²) in [5.74, 6) is -0.520.